The van der Waals surface area contributed by atoms with Gasteiger partial charge in [0.05, 0.1) is 0 Å². The first-order chi connectivity index (χ1) is 7.84. The van der Waals surface area contributed by atoms with Crippen molar-refractivity contribution in [1.29, 1.82) is 0 Å². The van der Waals surface area contributed by atoms with E-state index in [2.05, 4.69) is 46.0 Å². The largest absolute Gasteiger partial charge is 0.316 e. The molecule has 0 fully saturated rings. The molecule has 4 heteroatoms. The molecule has 1 heterocycles. The summed E-state index contributed by atoms with van der Waals surface area (Å²) in [4.78, 5) is 3.03. The molecule has 0 atom stereocenters. The maximum atomic E-state index is 4.12. The van der Waals surface area contributed by atoms with Crippen molar-refractivity contribution < 1.29 is 0 Å². The quantitative estimate of drug-likeness (QED) is 0.628. The van der Waals surface area contributed by atoms with Crippen molar-refractivity contribution in [2.24, 2.45) is 0 Å². The van der Waals surface area contributed by atoms with Gasteiger partial charge in [-0.3, -0.25) is 0 Å². The number of thiol groups is 1. The molecule has 0 saturated carbocycles. The van der Waals surface area contributed by atoms with Gasteiger partial charge < -0.3 is 4.98 Å². The number of hydrogen-bond donors (Lipinski definition) is 2. The van der Waals surface area contributed by atoms with Crippen LogP contribution in [0.25, 0.3) is 22.2 Å². The van der Waals surface area contributed by atoms with E-state index >= 15 is 0 Å². The summed E-state index contributed by atoms with van der Waals surface area (Å²) in [6, 6.07) is 14.3. The highest BCUT2D eigenvalue weighted by atomic mass is 32.1. The van der Waals surface area contributed by atoms with Crippen molar-refractivity contribution >= 4 is 23.4 Å². The molecule has 1 aromatic heterocycles. The Morgan fingerprint density at radius 3 is 2.56 bits per heavy atom. The van der Waals surface area contributed by atoms with Crippen LogP contribution in [0, 0.1) is 0 Å². The lowest BCUT2D eigenvalue weighted by molar-refractivity contribution is 0.980. The van der Waals surface area contributed by atoms with E-state index in [1.807, 2.05) is 24.3 Å². The molecule has 3 rings (SSSR count). The molecule has 0 amide bonds. The van der Waals surface area contributed by atoms with Gasteiger partial charge in [-0.05, 0) is 10.8 Å². The van der Waals surface area contributed by atoms with Crippen LogP contribution < -0.4 is 0 Å². The van der Waals surface area contributed by atoms with Gasteiger partial charge in [0.15, 0.2) is 11.0 Å². The van der Waals surface area contributed by atoms with Crippen LogP contribution in [0.15, 0.2) is 47.6 Å². The average Bonchev–Trinajstić information content (AvgIpc) is 2.75. The highest BCUT2D eigenvalue weighted by Gasteiger charge is 2.06. The normalized spacial score (nSPS) is 10.8. The summed E-state index contributed by atoms with van der Waals surface area (Å²) in [7, 11) is 0. The summed E-state index contributed by atoms with van der Waals surface area (Å²) >= 11 is 4.12. The van der Waals surface area contributed by atoms with Gasteiger partial charge in [-0.2, -0.15) is 0 Å². The zero-order valence-corrected chi connectivity index (χ0v) is 9.28. The van der Waals surface area contributed by atoms with Crippen molar-refractivity contribution in [2.45, 2.75) is 5.16 Å². The first-order valence-corrected chi connectivity index (χ1v) is 5.39. The number of aromatic amines is 1. The SMILES string of the molecule is Sc1nnc(-c2cccc3ccccc23)[nH]1. The molecular formula is C12H9N3S. The Bertz CT molecular complexity index is 640. The third kappa shape index (κ3) is 1.47. The number of H-pyrrole nitrogens is 1. The number of benzene rings is 2. The van der Waals surface area contributed by atoms with Gasteiger partial charge in [-0.1, -0.05) is 42.5 Å². The van der Waals surface area contributed by atoms with Crippen molar-refractivity contribution in [3.05, 3.63) is 42.5 Å². The molecule has 1 N–H and O–H groups in total. The Balaban J connectivity index is 2.31. The van der Waals surface area contributed by atoms with Gasteiger partial charge in [0.25, 0.3) is 0 Å². The molecule has 0 spiro atoms. The third-order valence-electron chi connectivity index (χ3n) is 2.52. The lowest BCUT2D eigenvalue weighted by Gasteiger charge is -2.02. The zero-order valence-electron chi connectivity index (χ0n) is 8.38. The number of fused-ring (bicyclic) bond motifs is 1. The standard InChI is InChI=1S/C12H9N3S/c16-12-13-11(14-15-12)10-7-3-5-8-4-1-2-6-9(8)10/h1-7H,(H2,13,14,15,16). The molecule has 0 aliphatic heterocycles. The van der Waals surface area contributed by atoms with E-state index in [1.54, 1.807) is 0 Å². The lowest BCUT2D eigenvalue weighted by atomic mass is 10.0. The number of hydrogen-bond acceptors (Lipinski definition) is 3. The van der Waals surface area contributed by atoms with Gasteiger partial charge in [-0.25, -0.2) is 0 Å². The topological polar surface area (TPSA) is 41.6 Å². The number of nitrogens with one attached hydrogen (secondary N) is 1. The van der Waals surface area contributed by atoms with Gasteiger partial charge in [-0.15, -0.1) is 22.8 Å². The Labute approximate surface area is 97.9 Å². The predicted molar refractivity (Wildman–Crippen MR) is 66.6 cm³/mol. The van der Waals surface area contributed by atoms with Crippen molar-refractivity contribution in [3.8, 4) is 11.4 Å². The summed E-state index contributed by atoms with van der Waals surface area (Å²) < 4.78 is 0. The molecule has 78 valence electrons. The van der Waals surface area contributed by atoms with Crippen LogP contribution in [0.1, 0.15) is 0 Å². The molecule has 0 aliphatic carbocycles. The molecule has 0 unspecified atom stereocenters. The second-order valence-corrected chi connectivity index (χ2v) is 3.95. The molecule has 0 aliphatic rings. The van der Waals surface area contributed by atoms with Gasteiger partial charge in [0.2, 0.25) is 0 Å². The Morgan fingerprint density at radius 1 is 0.938 bits per heavy atom. The van der Waals surface area contributed by atoms with E-state index in [0.717, 1.165) is 16.8 Å². The Hall–Kier alpha value is -1.81. The van der Waals surface area contributed by atoms with E-state index in [4.69, 9.17) is 0 Å². The van der Waals surface area contributed by atoms with Crippen molar-refractivity contribution in [1.82, 2.24) is 15.2 Å². The van der Waals surface area contributed by atoms with E-state index in [1.165, 1.54) is 5.39 Å². The van der Waals surface area contributed by atoms with Gasteiger partial charge in [0, 0.05) is 5.56 Å². The number of nitrogens with zero attached hydrogens (tertiary/aromatic N) is 2. The fourth-order valence-corrected chi connectivity index (χ4v) is 1.96. The van der Waals surface area contributed by atoms with Crippen LogP contribution in [0.5, 0.6) is 0 Å². The summed E-state index contributed by atoms with van der Waals surface area (Å²) in [6.07, 6.45) is 0. The fraction of sp³-hybridized carbons (Fsp3) is 0. The van der Waals surface area contributed by atoms with Crippen LogP contribution in [-0.4, -0.2) is 15.2 Å². The summed E-state index contributed by atoms with van der Waals surface area (Å²) in [6.45, 7) is 0. The first kappa shape index (κ1) is 9.42. The minimum atomic E-state index is 0.530. The monoisotopic (exact) mass is 227 g/mol. The molecule has 0 saturated heterocycles. The second-order valence-electron chi connectivity index (χ2n) is 3.52. The number of aromatic nitrogens is 3. The summed E-state index contributed by atoms with van der Waals surface area (Å²) in [5.74, 6) is 0.752. The van der Waals surface area contributed by atoms with Crippen LogP contribution in [0.3, 0.4) is 0 Å². The number of rotatable bonds is 1. The lowest BCUT2D eigenvalue weighted by Crippen LogP contribution is -1.83. The van der Waals surface area contributed by atoms with Gasteiger partial charge >= 0.3 is 0 Å². The van der Waals surface area contributed by atoms with Crippen LogP contribution in [-0.2, 0) is 0 Å². The molecule has 16 heavy (non-hydrogen) atoms. The van der Waals surface area contributed by atoms with E-state index in [-0.39, 0.29) is 0 Å². The zero-order chi connectivity index (χ0) is 11.0. The molecule has 3 nitrogen and oxygen atoms in total. The molecule has 2 aromatic carbocycles. The second kappa shape index (κ2) is 3.64. The highest BCUT2D eigenvalue weighted by molar-refractivity contribution is 7.80. The van der Waals surface area contributed by atoms with Crippen molar-refractivity contribution in [3.63, 3.8) is 0 Å². The average molecular weight is 227 g/mol. The first-order valence-electron chi connectivity index (χ1n) is 4.94. The fourth-order valence-electron chi connectivity index (χ4n) is 1.81. The molecule has 0 radical (unpaired) electrons. The van der Waals surface area contributed by atoms with E-state index in [9.17, 15) is 0 Å². The maximum Gasteiger partial charge on any atom is 0.185 e. The molecule has 0 bridgehead atoms. The third-order valence-corrected chi connectivity index (χ3v) is 2.72. The van der Waals surface area contributed by atoms with E-state index < -0.39 is 0 Å². The molecular weight excluding hydrogens is 218 g/mol. The summed E-state index contributed by atoms with van der Waals surface area (Å²) in [5.41, 5.74) is 1.05. The minimum absolute atomic E-state index is 0.530. The Kier molecular flexibility index (Phi) is 2.15. The van der Waals surface area contributed by atoms with Crippen LogP contribution in [0.4, 0.5) is 0 Å². The van der Waals surface area contributed by atoms with Crippen molar-refractivity contribution in [2.75, 3.05) is 0 Å². The summed E-state index contributed by atoms with van der Waals surface area (Å²) in [5, 5.41) is 10.8. The minimum Gasteiger partial charge on any atom is -0.316 e. The maximum absolute atomic E-state index is 4.12. The Morgan fingerprint density at radius 2 is 1.75 bits per heavy atom. The van der Waals surface area contributed by atoms with Crippen LogP contribution in [0.2, 0.25) is 0 Å². The van der Waals surface area contributed by atoms with Gasteiger partial charge in [0.1, 0.15) is 0 Å². The highest BCUT2D eigenvalue weighted by Crippen LogP contribution is 2.25. The molecule has 3 aromatic rings. The van der Waals surface area contributed by atoms with E-state index in [0.29, 0.717) is 5.16 Å². The van der Waals surface area contributed by atoms with Crippen LogP contribution >= 0.6 is 12.6 Å². The predicted octanol–water partition coefficient (Wildman–Crippen LogP) is 2.91. The smallest absolute Gasteiger partial charge is 0.185 e.